The minimum Gasteiger partial charge on any atom is -0.496 e. The van der Waals surface area contributed by atoms with Gasteiger partial charge in [0, 0.05) is 29.5 Å². The van der Waals surface area contributed by atoms with Crippen LogP contribution in [-0.4, -0.2) is 39.7 Å². The minimum atomic E-state index is -0.644. The summed E-state index contributed by atoms with van der Waals surface area (Å²) in [4.78, 5) is 31.4. The average molecular weight is 580 g/mol. The van der Waals surface area contributed by atoms with Gasteiger partial charge in [-0.05, 0) is 31.0 Å². The zero-order valence-electron chi connectivity index (χ0n) is 20.7. The molecule has 1 unspecified atom stereocenters. The molecular formula is C26H22ClN7O3S2. The lowest BCUT2D eigenvalue weighted by molar-refractivity contribution is -0.116. The van der Waals surface area contributed by atoms with Crippen LogP contribution in [0.2, 0.25) is 5.15 Å². The maximum absolute atomic E-state index is 13.3. The first kappa shape index (κ1) is 26.7. The van der Waals surface area contributed by atoms with Gasteiger partial charge in [-0.25, -0.2) is 4.98 Å². The molecule has 1 aromatic carbocycles. The number of thioether (sulfide) groups is 1. The highest BCUT2D eigenvalue weighted by Gasteiger charge is 2.42. The second-order valence-corrected chi connectivity index (χ2v) is 11.1. The number of amides is 1. The predicted octanol–water partition coefficient (Wildman–Crippen LogP) is 4.63. The first-order valence-electron chi connectivity index (χ1n) is 11.9. The Morgan fingerprint density at radius 2 is 2.13 bits per heavy atom. The van der Waals surface area contributed by atoms with E-state index in [1.54, 1.807) is 30.2 Å². The minimum absolute atomic E-state index is 0.0396. The number of para-hydroxylation sites is 1. The van der Waals surface area contributed by atoms with Gasteiger partial charge in [-0.1, -0.05) is 52.9 Å². The van der Waals surface area contributed by atoms with E-state index in [2.05, 4.69) is 26.6 Å². The predicted molar refractivity (Wildman–Crippen MR) is 149 cm³/mol. The molecule has 0 spiro atoms. The van der Waals surface area contributed by atoms with Crippen LogP contribution in [0.1, 0.15) is 30.7 Å². The Labute approximate surface area is 237 Å². The van der Waals surface area contributed by atoms with Crippen molar-refractivity contribution in [2.24, 2.45) is 5.73 Å². The number of nitrogens with zero attached hydrogens (tertiary/aromatic N) is 5. The molecule has 1 aliphatic carbocycles. The van der Waals surface area contributed by atoms with E-state index in [9.17, 15) is 14.9 Å². The molecule has 2 aliphatic rings. The number of rotatable bonds is 7. The van der Waals surface area contributed by atoms with Gasteiger partial charge in [-0.3, -0.25) is 14.5 Å². The number of carbonyl (C=O) groups is 2. The molecule has 0 radical (unpaired) electrons. The van der Waals surface area contributed by atoms with E-state index in [1.807, 2.05) is 18.2 Å². The van der Waals surface area contributed by atoms with Gasteiger partial charge in [0.1, 0.15) is 11.6 Å². The SMILES string of the molecule is COc1ccccc1C1C(C#N)=C(N)N(c2nnc(SCC(=O)Nc3cccnc3Cl)s2)C2=C1C(=O)CCC2. The largest absolute Gasteiger partial charge is 0.496 e. The number of hydrogen-bond donors (Lipinski definition) is 2. The number of nitrogens with one attached hydrogen (secondary N) is 1. The number of carbonyl (C=O) groups excluding carboxylic acids is 2. The second-order valence-electron chi connectivity index (χ2n) is 8.59. The summed E-state index contributed by atoms with van der Waals surface area (Å²) in [6, 6.07) is 12.9. The number of allylic oxidation sites excluding steroid dienone is 3. The summed E-state index contributed by atoms with van der Waals surface area (Å²) >= 11 is 8.43. The van der Waals surface area contributed by atoms with E-state index in [4.69, 9.17) is 22.1 Å². The van der Waals surface area contributed by atoms with Gasteiger partial charge in [-0.2, -0.15) is 5.26 Å². The Morgan fingerprint density at radius 3 is 2.90 bits per heavy atom. The van der Waals surface area contributed by atoms with Crippen LogP contribution >= 0.6 is 34.7 Å². The molecule has 3 N–H and O–H groups in total. The Balaban J connectivity index is 1.45. The monoisotopic (exact) mass is 579 g/mol. The first-order valence-corrected chi connectivity index (χ1v) is 14.1. The Bertz CT molecular complexity index is 1560. The van der Waals surface area contributed by atoms with Crippen molar-refractivity contribution >= 4 is 57.2 Å². The highest BCUT2D eigenvalue weighted by molar-refractivity contribution is 8.01. The molecule has 39 heavy (non-hydrogen) atoms. The molecule has 1 atom stereocenters. The zero-order chi connectivity index (χ0) is 27.5. The van der Waals surface area contributed by atoms with Gasteiger partial charge in [0.2, 0.25) is 11.0 Å². The number of ketones is 1. The van der Waals surface area contributed by atoms with Crippen molar-refractivity contribution in [2.75, 3.05) is 23.1 Å². The molecule has 2 aromatic heterocycles. The summed E-state index contributed by atoms with van der Waals surface area (Å²) in [7, 11) is 1.55. The van der Waals surface area contributed by atoms with Crippen molar-refractivity contribution in [1.82, 2.24) is 15.2 Å². The summed E-state index contributed by atoms with van der Waals surface area (Å²) in [6.07, 6.45) is 3.15. The fourth-order valence-corrected chi connectivity index (χ4v) is 6.51. The molecule has 0 saturated carbocycles. The molecule has 1 aliphatic heterocycles. The highest BCUT2D eigenvalue weighted by Crippen LogP contribution is 2.48. The van der Waals surface area contributed by atoms with Crippen molar-refractivity contribution in [1.29, 1.82) is 5.26 Å². The van der Waals surface area contributed by atoms with Crippen LogP contribution in [0.15, 0.2) is 69.6 Å². The lowest BCUT2D eigenvalue weighted by Gasteiger charge is -2.38. The van der Waals surface area contributed by atoms with E-state index in [0.29, 0.717) is 57.0 Å². The number of methoxy groups -OCH3 is 1. The second kappa shape index (κ2) is 11.4. The Kier molecular flexibility index (Phi) is 7.83. The third-order valence-corrected chi connectivity index (χ3v) is 8.65. The van der Waals surface area contributed by atoms with Crippen LogP contribution in [0.3, 0.4) is 0 Å². The molecular weight excluding hydrogens is 558 g/mol. The average Bonchev–Trinajstić information content (AvgIpc) is 3.41. The van der Waals surface area contributed by atoms with Gasteiger partial charge in [0.15, 0.2) is 15.3 Å². The topological polar surface area (TPSA) is 147 Å². The number of anilines is 2. The molecule has 3 heterocycles. The first-order chi connectivity index (χ1) is 18.9. The molecule has 0 saturated heterocycles. The van der Waals surface area contributed by atoms with Gasteiger partial charge in [-0.15, -0.1) is 10.2 Å². The maximum Gasteiger partial charge on any atom is 0.234 e. The molecule has 3 aromatic rings. The molecule has 198 valence electrons. The fourth-order valence-electron chi connectivity index (χ4n) is 4.66. The van der Waals surface area contributed by atoms with Gasteiger partial charge in [0.05, 0.1) is 36.1 Å². The maximum atomic E-state index is 13.3. The van der Waals surface area contributed by atoms with Gasteiger partial charge >= 0.3 is 0 Å². The summed E-state index contributed by atoms with van der Waals surface area (Å²) in [5, 5.41) is 22.1. The molecule has 0 bridgehead atoms. The lowest BCUT2D eigenvalue weighted by atomic mass is 9.75. The number of ether oxygens (including phenoxy) is 1. The number of halogens is 1. The number of hydrogen-bond acceptors (Lipinski definition) is 11. The van der Waals surface area contributed by atoms with Gasteiger partial charge < -0.3 is 15.8 Å². The number of nitrogens with two attached hydrogens (primary N) is 1. The summed E-state index contributed by atoms with van der Waals surface area (Å²) in [5.41, 5.74) is 9.21. The van der Waals surface area contributed by atoms with Crippen molar-refractivity contribution in [3.8, 4) is 11.8 Å². The quantitative estimate of drug-likeness (QED) is 0.300. The van der Waals surface area contributed by atoms with E-state index in [0.717, 1.165) is 0 Å². The van der Waals surface area contributed by atoms with Crippen LogP contribution in [0.4, 0.5) is 10.8 Å². The fraction of sp³-hybridized carbons (Fsp3) is 0.231. The smallest absolute Gasteiger partial charge is 0.234 e. The number of pyridine rings is 1. The summed E-state index contributed by atoms with van der Waals surface area (Å²) in [6.45, 7) is 0. The molecule has 1 amide bonds. The Morgan fingerprint density at radius 1 is 1.31 bits per heavy atom. The van der Waals surface area contributed by atoms with Crippen molar-refractivity contribution in [2.45, 2.75) is 29.5 Å². The molecule has 0 fully saturated rings. The highest BCUT2D eigenvalue weighted by atomic mass is 35.5. The Hall–Kier alpha value is -3.92. The van der Waals surface area contributed by atoms with Crippen LogP contribution in [0, 0.1) is 11.3 Å². The van der Waals surface area contributed by atoms with Crippen LogP contribution in [-0.2, 0) is 9.59 Å². The zero-order valence-corrected chi connectivity index (χ0v) is 23.1. The van der Waals surface area contributed by atoms with E-state index in [-0.39, 0.29) is 34.0 Å². The molecule has 10 nitrogen and oxygen atoms in total. The lowest BCUT2D eigenvalue weighted by Crippen LogP contribution is -2.38. The summed E-state index contributed by atoms with van der Waals surface area (Å²) < 4.78 is 6.09. The normalized spacial score (nSPS) is 17.1. The standard InChI is InChI=1S/C26H22ClN7O3S2/c1-37-19-10-3-2-6-14(19)21-15(12-28)24(29)34(17-8-4-9-18(35)22(17)21)25-32-33-26(39-25)38-13-20(36)31-16-7-5-11-30-23(16)27/h2-3,5-7,10-11,21H,4,8-9,13,29H2,1H3,(H,31,36). The van der Waals surface area contributed by atoms with Gasteiger partial charge in [0.25, 0.3) is 0 Å². The number of aromatic nitrogens is 3. The number of Topliss-reactive ketones (excluding diaryl/α,β-unsaturated/α-hetero) is 1. The summed E-state index contributed by atoms with van der Waals surface area (Å²) in [5.74, 6) is -0.132. The molecule has 13 heteroatoms. The number of benzene rings is 1. The van der Waals surface area contributed by atoms with Crippen molar-refractivity contribution < 1.29 is 14.3 Å². The van der Waals surface area contributed by atoms with Crippen LogP contribution < -0.4 is 20.7 Å². The third-order valence-electron chi connectivity index (χ3n) is 6.31. The van der Waals surface area contributed by atoms with E-state index < -0.39 is 5.92 Å². The van der Waals surface area contributed by atoms with Crippen molar-refractivity contribution in [3.63, 3.8) is 0 Å². The van der Waals surface area contributed by atoms with Crippen LogP contribution in [0.5, 0.6) is 5.75 Å². The molecule has 5 rings (SSSR count). The van der Waals surface area contributed by atoms with E-state index in [1.165, 1.54) is 29.3 Å². The van der Waals surface area contributed by atoms with Crippen LogP contribution in [0.25, 0.3) is 0 Å². The van der Waals surface area contributed by atoms with Crippen molar-refractivity contribution in [3.05, 3.63) is 76.0 Å². The number of nitriles is 1. The third kappa shape index (κ3) is 5.21. The van der Waals surface area contributed by atoms with E-state index >= 15 is 0 Å².